The third kappa shape index (κ3) is 5.89. The van der Waals surface area contributed by atoms with Gasteiger partial charge in [-0.2, -0.15) is 0 Å². The highest BCUT2D eigenvalue weighted by atomic mass is 79.9. The quantitative estimate of drug-likeness (QED) is 0.701. The first-order valence-corrected chi connectivity index (χ1v) is 7.79. The summed E-state index contributed by atoms with van der Waals surface area (Å²) in [5.74, 6) is 0. The van der Waals surface area contributed by atoms with Crippen molar-refractivity contribution in [2.75, 3.05) is 13.2 Å². The molecule has 0 N–H and O–H groups in total. The van der Waals surface area contributed by atoms with Crippen LogP contribution >= 0.6 is 15.9 Å². The van der Waals surface area contributed by atoms with Gasteiger partial charge in [-0.05, 0) is 49.8 Å². The molecule has 104 valence electrons. The topological polar surface area (TPSA) is 18.5 Å². The van der Waals surface area contributed by atoms with Crippen LogP contribution in [0.1, 0.15) is 37.7 Å². The van der Waals surface area contributed by atoms with Crippen LogP contribution in [0, 0.1) is 0 Å². The molecule has 0 saturated carbocycles. The molecular weight excluding hydrogens is 304 g/mol. The normalized spacial score (nSPS) is 19.9. The molecule has 1 saturated heterocycles. The predicted molar refractivity (Wildman–Crippen MR) is 82.0 cm³/mol. The van der Waals surface area contributed by atoms with Gasteiger partial charge in [-0.15, -0.1) is 0 Å². The second-order valence-corrected chi connectivity index (χ2v) is 5.68. The van der Waals surface area contributed by atoms with E-state index in [1.807, 2.05) is 12.1 Å². The average Bonchev–Trinajstić information content (AvgIpc) is 2.44. The van der Waals surface area contributed by atoms with Crippen molar-refractivity contribution in [2.45, 2.75) is 38.4 Å². The Balaban J connectivity index is 1.58. The van der Waals surface area contributed by atoms with Gasteiger partial charge >= 0.3 is 0 Å². The largest absolute Gasteiger partial charge is 0.353 e. The zero-order valence-corrected chi connectivity index (χ0v) is 12.8. The second-order valence-electron chi connectivity index (χ2n) is 4.77. The highest BCUT2D eigenvalue weighted by Gasteiger charge is 2.12. The smallest absolute Gasteiger partial charge is 0.157 e. The van der Waals surface area contributed by atoms with Gasteiger partial charge in [0, 0.05) is 11.1 Å². The van der Waals surface area contributed by atoms with E-state index in [1.165, 1.54) is 18.4 Å². The summed E-state index contributed by atoms with van der Waals surface area (Å²) in [5, 5.41) is 0. The summed E-state index contributed by atoms with van der Waals surface area (Å²) in [6.45, 7) is 1.64. The number of hydrogen-bond donors (Lipinski definition) is 0. The van der Waals surface area contributed by atoms with Crippen molar-refractivity contribution in [3.8, 4) is 0 Å². The Hall–Kier alpha value is -0.640. The lowest BCUT2D eigenvalue weighted by Crippen LogP contribution is -2.22. The Morgan fingerprint density at radius 1 is 1.37 bits per heavy atom. The van der Waals surface area contributed by atoms with Gasteiger partial charge in [0.2, 0.25) is 0 Å². The molecule has 1 aliphatic heterocycles. The van der Waals surface area contributed by atoms with E-state index in [0.29, 0.717) is 0 Å². The van der Waals surface area contributed by atoms with Crippen LogP contribution in [0.25, 0.3) is 6.08 Å². The van der Waals surface area contributed by atoms with E-state index in [2.05, 4.69) is 40.2 Å². The van der Waals surface area contributed by atoms with E-state index in [-0.39, 0.29) is 6.29 Å². The summed E-state index contributed by atoms with van der Waals surface area (Å²) >= 11 is 3.47. The minimum absolute atomic E-state index is 0.0443. The highest BCUT2D eigenvalue weighted by molar-refractivity contribution is 9.10. The van der Waals surface area contributed by atoms with Gasteiger partial charge in [0.05, 0.1) is 6.61 Å². The first kappa shape index (κ1) is 14.8. The van der Waals surface area contributed by atoms with Crippen LogP contribution in [-0.2, 0) is 9.47 Å². The van der Waals surface area contributed by atoms with Crippen molar-refractivity contribution in [3.05, 3.63) is 40.4 Å². The molecule has 2 nitrogen and oxygen atoms in total. The Bertz CT molecular complexity index is 397. The monoisotopic (exact) mass is 324 g/mol. The number of rotatable bonds is 6. The van der Waals surface area contributed by atoms with Crippen LogP contribution in [-0.4, -0.2) is 19.5 Å². The van der Waals surface area contributed by atoms with E-state index < -0.39 is 0 Å². The van der Waals surface area contributed by atoms with Crippen LogP contribution in [0.15, 0.2) is 34.8 Å². The van der Waals surface area contributed by atoms with E-state index >= 15 is 0 Å². The number of unbranched alkanes of at least 4 members (excludes halogenated alkanes) is 1. The zero-order chi connectivity index (χ0) is 13.3. The maximum atomic E-state index is 5.69. The van der Waals surface area contributed by atoms with Crippen LogP contribution in [0.5, 0.6) is 0 Å². The standard InChI is InChI=1S/C16H21BrO2/c17-15-9-6-8-14(13-15)7-2-1-4-11-18-16-10-3-5-12-19-16/h2,6-9,13,16H,1,3-5,10-12H2. The predicted octanol–water partition coefficient (Wildman–Crippen LogP) is 4.79. The van der Waals surface area contributed by atoms with Gasteiger partial charge < -0.3 is 9.47 Å². The molecule has 1 unspecified atom stereocenters. The molecule has 1 aromatic rings. The minimum atomic E-state index is 0.0443. The van der Waals surface area contributed by atoms with Gasteiger partial charge in [-0.1, -0.05) is 40.2 Å². The number of allylic oxidation sites excluding steroid dienone is 1. The lowest BCUT2D eigenvalue weighted by molar-refractivity contribution is -0.162. The summed E-state index contributed by atoms with van der Waals surface area (Å²) in [4.78, 5) is 0. The number of hydrogen-bond acceptors (Lipinski definition) is 2. The fraction of sp³-hybridized carbons (Fsp3) is 0.500. The Morgan fingerprint density at radius 2 is 2.32 bits per heavy atom. The summed E-state index contributed by atoms with van der Waals surface area (Å²) in [7, 11) is 0. The number of ether oxygens (including phenoxy) is 2. The van der Waals surface area contributed by atoms with Gasteiger partial charge in [0.25, 0.3) is 0 Å². The minimum Gasteiger partial charge on any atom is -0.353 e. The molecule has 3 heteroatoms. The van der Waals surface area contributed by atoms with Crippen molar-refractivity contribution in [3.63, 3.8) is 0 Å². The number of halogens is 1. The van der Waals surface area contributed by atoms with Crippen molar-refractivity contribution in [1.82, 2.24) is 0 Å². The SMILES string of the molecule is Brc1cccc(C=CCCCOC2CCCCO2)c1. The van der Waals surface area contributed by atoms with Crippen molar-refractivity contribution >= 4 is 22.0 Å². The highest BCUT2D eigenvalue weighted by Crippen LogP contribution is 2.15. The van der Waals surface area contributed by atoms with E-state index in [4.69, 9.17) is 9.47 Å². The molecule has 1 heterocycles. The second kappa shape index (κ2) is 8.51. The summed E-state index contributed by atoms with van der Waals surface area (Å²) < 4.78 is 12.3. The molecule has 19 heavy (non-hydrogen) atoms. The maximum absolute atomic E-state index is 5.69. The van der Waals surface area contributed by atoms with Crippen LogP contribution in [0.4, 0.5) is 0 Å². The Labute approximate surface area is 123 Å². The molecule has 1 fully saturated rings. The number of benzene rings is 1. The van der Waals surface area contributed by atoms with E-state index in [9.17, 15) is 0 Å². The van der Waals surface area contributed by atoms with Crippen LogP contribution < -0.4 is 0 Å². The van der Waals surface area contributed by atoms with Gasteiger partial charge in [-0.25, -0.2) is 0 Å². The third-order valence-electron chi connectivity index (χ3n) is 3.12. The van der Waals surface area contributed by atoms with Crippen LogP contribution in [0.2, 0.25) is 0 Å². The summed E-state index contributed by atoms with van der Waals surface area (Å²) in [6.07, 6.45) is 9.94. The molecule has 1 atom stereocenters. The zero-order valence-electron chi connectivity index (χ0n) is 11.2. The Kier molecular flexibility index (Phi) is 6.62. The fourth-order valence-corrected chi connectivity index (χ4v) is 2.51. The van der Waals surface area contributed by atoms with E-state index in [0.717, 1.165) is 36.9 Å². The van der Waals surface area contributed by atoms with Crippen LogP contribution in [0.3, 0.4) is 0 Å². The van der Waals surface area contributed by atoms with Gasteiger partial charge in [0.1, 0.15) is 0 Å². The molecule has 2 rings (SSSR count). The molecule has 0 bridgehead atoms. The molecule has 0 radical (unpaired) electrons. The van der Waals surface area contributed by atoms with Gasteiger partial charge in [0.15, 0.2) is 6.29 Å². The molecule has 0 aliphatic carbocycles. The molecule has 0 aromatic heterocycles. The van der Waals surface area contributed by atoms with Crippen molar-refractivity contribution in [2.24, 2.45) is 0 Å². The summed E-state index contributed by atoms with van der Waals surface area (Å²) in [6, 6.07) is 8.30. The van der Waals surface area contributed by atoms with Gasteiger partial charge in [-0.3, -0.25) is 0 Å². The molecule has 0 spiro atoms. The fourth-order valence-electron chi connectivity index (χ4n) is 2.09. The summed E-state index contributed by atoms with van der Waals surface area (Å²) in [5.41, 5.74) is 1.23. The molecule has 1 aliphatic rings. The lowest BCUT2D eigenvalue weighted by atomic mass is 10.2. The van der Waals surface area contributed by atoms with E-state index in [1.54, 1.807) is 0 Å². The third-order valence-corrected chi connectivity index (χ3v) is 3.61. The van der Waals surface area contributed by atoms with Crippen molar-refractivity contribution in [1.29, 1.82) is 0 Å². The molecule has 1 aromatic carbocycles. The average molecular weight is 325 g/mol. The van der Waals surface area contributed by atoms with Crippen molar-refractivity contribution < 1.29 is 9.47 Å². The first-order valence-electron chi connectivity index (χ1n) is 7.00. The lowest BCUT2D eigenvalue weighted by Gasteiger charge is -2.22. The Morgan fingerprint density at radius 3 is 3.11 bits per heavy atom. The maximum Gasteiger partial charge on any atom is 0.157 e. The first-order chi connectivity index (χ1) is 9.34. The molecule has 0 amide bonds. The molecular formula is C16H21BrO2.